The summed E-state index contributed by atoms with van der Waals surface area (Å²) in [5, 5.41) is 13.2. The van der Waals surface area contributed by atoms with Gasteiger partial charge in [0.2, 0.25) is 0 Å². The summed E-state index contributed by atoms with van der Waals surface area (Å²) in [7, 11) is 0. The van der Waals surface area contributed by atoms with Crippen molar-refractivity contribution in [2.24, 2.45) is 0 Å². The van der Waals surface area contributed by atoms with Crippen LogP contribution in [0.5, 0.6) is 0 Å². The van der Waals surface area contributed by atoms with Gasteiger partial charge < -0.3 is 10.0 Å². The van der Waals surface area contributed by atoms with Crippen LogP contribution in [-0.4, -0.2) is 42.2 Å². The van der Waals surface area contributed by atoms with E-state index in [9.17, 15) is 9.90 Å². The van der Waals surface area contributed by atoms with Gasteiger partial charge in [0.25, 0.3) is 0 Å². The van der Waals surface area contributed by atoms with E-state index < -0.39 is 11.5 Å². The number of rotatable bonds is 10. The largest absolute Gasteiger partial charge is 0.480 e. The maximum Gasteiger partial charge on any atom is 0.329 e. The Morgan fingerprint density at radius 2 is 1.86 bits per heavy atom. The maximum absolute atomic E-state index is 12.1. The lowest BCUT2D eigenvalue weighted by atomic mass is 9.88. The number of hydrogen-bond acceptors (Lipinski definition) is 3. The monoisotopic (exact) mass is 292 g/mol. The van der Waals surface area contributed by atoms with E-state index in [4.69, 9.17) is 0 Å². The number of carboxylic acid groups (broad SMARTS) is 1. The Morgan fingerprint density at radius 1 is 1.19 bits per heavy atom. The van der Waals surface area contributed by atoms with Crippen molar-refractivity contribution in [1.29, 1.82) is 0 Å². The third-order valence-electron chi connectivity index (χ3n) is 3.76. The lowest BCUT2D eigenvalue weighted by molar-refractivity contribution is -0.146. The zero-order valence-electron chi connectivity index (χ0n) is 13.4. The van der Waals surface area contributed by atoms with Crippen LogP contribution in [-0.2, 0) is 10.3 Å². The van der Waals surface area contributed by atoms with Crippen LogP contribution in [0.2, 0.25) is 0 Å². The summed E-state index contributed by atoms with van der Waals surface area (Å²) in [5.41, 5.74) is -0.219. The fourth-order valence-electron chi connectivity index (χ4n) is 2.58. The third kappa shape index (κ3) is 4.55. The molecule has 1 aromatic carbocycles. The van der Waals surface area contributed by atoms with Crippen molar-refractivity contribution < 1.29 is 9.90 Å². The first-order chi connectivity index (χ1) is 10.1. The zero-order valence-corrected chi connectivity index (χ0v) is 13.4. The molecule has 0 aliphatic carbocycles. The molecule has 0 spiro atoms. The molecule has 1 atom stereocenters. The van der Waals surface area contributed by atoms with E-state index in [1.54, 1.807) is 0 Å². The SMILES string of the molecule is CCCNC(CN(CC)CCC)(C(=O)O)c1ccccc1. The smallest absolute Gasteiger partial charge is 0.329 e. The lowest BCUT2D eigenvalue weighted by Crippen LogP contribution is -2.56. The first-order valence-electron chi connectivity index (χ1n) is 7.87. The van der Waals surface area contributed by atoms with Crippen molar-refractivity contribution >= 4 is 5.97 Å². The molecular formula is C17H28N2O2. The number of aliphatic carboxylic acids is 1. The number of carboxylic acids is 1. The van der Waals surface area contributed by atoms with Gasteiger partial charge in [0.05, 0.1) is 0 Å². The van der Waals surface area contributed by atoms with Gasteiger partial charge in [0.1, 0.15) is 0 Å². The Morgan fingerprint density at radius 3 is 2.33 bits per heavy atom. The number of nitrogens with zero attached hydrogens (tertiary/aromatic N) is 1. The van der Waals surface area contributed by atoms with Crippen LogP contribution in [0, 0.1) is 0 Å². The van der Waals surface area contributed by atoms with Gasteiger partial charge >= 0.3 is 5.97 Å². The van der Waals surface area contributed by atoms with E-state index in [0.29, 0.717) is 13.1 Å². The van der Waals surface area contributed by atoms with Crippen molar-refractivity contribution in [3.05, 3.63) is 35.9 Å². The van der Waals surface area contributed by atoms with Gasteiger partial charge in [-0.3, -0.25) is 5.32 Å². The quantitative estimate of drug-likeness (QED) is 0.696. The Kier molecular flexibility index (Phi) is 7.40. The maximum atomic E-state index is 12.1. The second-order valence-electron chi connectivity index (χ2n) is 5.37. The van der Waals surface area contributed by atoms with E-state index in [2.05, 4.69) is 24.1 Å². The van der Waals surface area contributed by atoms with Crippen LogP contribution < -0.4 is 5.32 Å². The van der Waals surface area contributed by atoms with Crippen molar-refractivity contribution in [3.8, 4) is 0 Å². The molecule has 0 amide bonds. The molecule has 0 radical (unpaired) electrons. The summed E-state index contributed by atoms with van der Waals surface area (Å²) in [4.78, 5) is 14.3. The highest BCUT2D eigenvalue weighted by Gasteiger charge is 2.41. The molecule has 0 aliphatic heterocycles. The molecule has 0 aliphatic rings. The Hall–Kier alpha value is -1.39. The van der Waals surface area contributed by atoms with Crippen LogP contribution >= 0.6 is 0 Å². The highest BCUT2D eigenvalue weighted by Crippen LogP contribution is 2.23. The van der Waals surface area contributed by atoms with Crippen molar-refractivity contribution in [2.45, 2.75) is 39.2 Å². The predicted octanol–water partition coefficient (Wildman–Crippen LogP) is 2.70. The fourth-order valence-corrected chi connectivity index (χ4v) is 2.58. The molecule has 0 heterocycles. The standard InChI is InChI=1S/C17H28N2O2/c1-4-12-18-17(16(20)21,14-19(6-3)13-5-2)15-10-8-7-9-11-15/h7-11,18H,4-6,12-14H2,1-3H3,(H,20,21). The number of benzene rings is 1. The summed E-state index contributed by atoms with van der Waals surface area (Å²) < 4.78 is 0. The first kappa shape index (κ1) is 17.7. The second kappa shape index (κ2) is 8.80. The normalized spacial score (nSPS) is 14.1. The Balaban J connectivity index is 3.15. The van der Waals surface area contributed by atoms with E-state index >= 15 is 0 Å². The molecule has 2 N–H and O–H groups in total. The topological polar surface area (TPSA) is 52.6 Å². The lowest BCUT2D eigenvalue weighted by Gasteiger charge is -2.36. The molecule has 0 bridgehead atoms. The molecule has 0 fully saturated rings. The summed E-state index contributed by atoms with van der Waals surface area (Å²) in [6.07, 6.45) is 1.92. The molecule has 118 valence electrons. The Bertz CT molecular complexity index is 422. The van der Waals surface area contributed by atoms with Gasteiger partial charge in [-0.2, -0.15) is 0 Å². The van der Waals surface area contributed by atoms with Crippen LogP contribution in [0.4, 0.5) is 0 Å². The van der Waals surface area contributed by atoms with Crippen LogP contribution in [0.25, 0.3) is 0 Å². The third-order valence-corrected chi connectivity index (χ3v) is 3.76. The Labute approximate surface area is 128 Å². The summed E-state index contributed by atoms with van der Waals surface area (Å²) in [5.74, 6) is -0.809. The molecule has 21 heavy (non-hydrogen) atoms. The fraction of sp³-hybridized carbons (Fsp3) is 0.588. The molecule has 0 aromatic heterocycles. The van der Waals surface area contributed by atoms with Crippen LogP contribution in [0.15, 0.2) is 30.3 Å². The zero-order chi connectivity index (χ0) is 15.7. The molecule has 4 nitrogen and oxygen atoms in total. The number of nitrogens with one attached hydrogen (secondary N) is 1. The molecule has 0 saturated heterocycles. The molecule has 0 saturated carbocycles. The van der Waals surface area contributed by atoms with E-state index in [1.807, 2.05) is 37.3 Å². The molecule has 1 aromatic rings. The van der Waals surface area contributed by atoms with Crippen LogP contribution in [0.3, 0.4) is 0 Å². The van der Waals surface area contributed by atoms with Gasteiger partial charge in [-0.15, -0.1) is 0 Å². The van der Waals surface area contributed by atoms with Gasteiger partial charge in [-0.1, -0.05) is 51.1 Å². The van der Waals surface area contributed by atoms with Crippen molar-refractivity contribution in [1.82, 2.24) is 10.2 Å². The summed E-state index contributed by atoms with van der Waals surface area (Å²) >= 11 is 0. The number of hydrogen-bond donors (Lipinski definition) is 2. The molecular weight excluding hydrogens is 264 g/mol. The number of likely N-dealkylation sites (N-methyl/N-ethyl adjacent to an activating group) is 1. The average Bonchev–Trinajstić information content (AvgIpc) is 2.51. The second-order valence-corrected chi connectivity index (χ2v) is 5.37. The minimum Gasteiger partial charge on any atom is -0.480 e. The highest BCUT2D eigenvalue weighted by molar-refractivity contribution is 5.81. The molecule has 1 unspecified atom stereocenters. The summed E-state index contributed by atoms with van der Waals surface area (Å²) in [6, 6.07) is 9.51. The van der Waals surface area contributed by atoms with E-state index in [0.717, 1.165) is 31.5 Å². The van der Waals surface area contributed by atoms with E-state index in [1.165, 1.54) is 0 Å². The van der Waals surface area contributed by atoms with Gasteiger partial charge in [0, 0.05) is 6.54 Å². The first-order valence-corrected chi connectivity index (χ1v) is 7.87. The minimum atomic E-state index is -1.04. The predicted molar refractivity (Wildman–Crippen MR) is 86.5 cm³/mol. The van der Waals surface area contributed by atoms with Crippen molar-refractivity contribution in [3.63, 3.8) is 0 Å². The van der Waals surface area contributed by atoms with Gasteiger partial charge in [0.15, 0.2) is 5.54 Å². The average molecular weight is 292 g/mol. The van der Waals surface area contributed by atoms with E-state index in [-0.39, 0.29) is 0 Å². The molecule has 4 heteroatoms. The van der Waals surface area contributed by atoms with Crippen LogP contribution in [0.1, 0.15) is 39.2 Å². The van der Waals surface area contributed by atoms with Gasteiger partial charge in [-0.05, 0) is 38.0 Å². The highest BCUT2D eigenvalue weighted by atomic mass is 16.4. The number of carbonyl (C=O) groups is 1. The van der Waals surface area contributed by atoms with Gasteiger partial charge in [-0.25, -0.2) is 4.79 Å². The minimum absolute atomic E-state index is 0.483. The summed E-state index contributed by atoms with van der Waals surface area (Å²) in [6.45, 7) is 9.17. The van der Waals surface area contributed by atoms with Crippen molar-refractivity contribution in [2.75, 3.05) is 26.2 Å². The molecule has 1 rings (SSSR count).